The first-order chi connectivity index (χ1) is 9.89. The Morgan fingerprint density at radius 1 is 1.05 bits per heavy atom. The van der Waals surface area contributed by atoms with Crippen LogP contribution in [0.4, 0.5) is 13.2 Å². The number of hydrogen-bond donors (Lipinski definition) is 1. The Balaban J connectivity index is 2.15. The Bertz CT molecular complexity index is 614. The maximum atomic E-state index is 12.9. The Hall–Kier alpha value is -1.72. The molecule has 0 aliphatic heterocycles. The largest absolute Gasteiger partial charge is 0.489 e. The molecule has 0 fully saturated rings. The molecule has 0 radical (unpaired) electrons. The molecule has 21 heavy (non-hydrogen) atoms. The van der Waals surface area contributed by atoms with Crippen molar-refractivity contribution in [2.45, 2.75) is 12.3 Å². The Labute approximate surface area is 124 Å². The number of aliphatic hydroxyl groups excluding tert-OH is 1. The molecular formula is C15H12ClF3O2. The van der Waals surface area contributed by atoms with Gasteiger partial charge in [0.25, 0.3) is 0 Å². The predicted octanol–water partition coefficient (Wildman–Crippen LogP) is 4.47. The minimum absolute atomic E-state index is 0.225. The van der Waals surface area contributed by atoms with Gasteiger partial charge in [0.15, 0.2) is 0 Å². The number of ether oxygens (including phenoxy) is 1. The summed E-state index contributed by atoms with van der Waals surface area (Å²) >= 11 is 5.87. The van der Waals surface area contributed by atoms with Gasteiger partial charge in [0.1, 0.15) is 18.5 Å². The zero-order valence-electron chi connectivity index (χ0n) is 10.8. The van der Waals surface area contributed by atoms with Gasteiger partial charge in [-0.3, -0.25) is 0 Å². The van der Waals surface area contributed by atoms with Gasteiger partial charge in [0, 0.05) is 0 Å². The first-order valence-corrected chi connectivity index (χ1v) is 6.49. The molecule has 0 aromatic heterocycles. The predicted molar refractivity (Wildman–Crippen MR) is 73.4 cm³/mol. The summed E-state index contributed by atoms with van der Waals surface area (Å²) in [5.74, 6) is 0.308. The van der Waals surface area contributed by atoms with E-state index in [1.807, 2.05) is 0 Å². The number of para-hydroxylation sites is 1. The molecule has 2 aromatic rings. The highest BCUT2D eigenvalue weighted by Crippen LogP contribution is 2.35. The average Bonchev–Trinajstić information content (AvgIpc) is 2.45. The van der Waals surface area contributed by atoms with E-state index in [2.05, 4.69) is 0 Å². The molecule has 0 amide bonds. The maximum absolute atomic E-state index is 12.9. The third kappa shape index (κ3) is 3.89. The van der Waals surface area contributed by atoms with Gasteiger partial charge in [0.2, 0.25) is 0 Å². The van der Waals surface area contributed by atoms with E-state index in [1.54, 1.807) is 24.3 Å². The first kappa shape index (κ1) is 15.7. The Morgan fingerprint density at radius 2 is 1.67 bits per heavy atom. The molecular weight excluding hydrogens is 305 g/mol. The van der Waals surface area contributed by atoms with Crippen LogP contribution in [0.15, 0.2) is 48.5 Å². The number of halogens is 4. The van der Waals surface area contributed by atoms with Crippen LogP contribution in [0.2, 0.25) is 5.02 Å². The third-order valence-electron chi connectivity index (χ3n) is 2.86. The summed E-state index contributed by atoms with van der Waals surface area (Å²) in [5.41, 5.74) is -1.10. The molecule has 2 rings (SSSR count). The van der Waals surface area contributed by atoms with Crippen molar-refractivity contribution in [1.29, 1.82) is 0 Å². The van der Waals surface area contributed by atoms with E-state index in [1.165, 1.54) is 18.2 Å². The molecule has 0 saturated carbocycles. The van der Waals surface area contributed by atoms with Crippen molar-refractivity contribution in [3.8, 4) is 5.75 Å². The van der Waals surface area contributed by atoms with E-state index in [4.69, 9.17) is 16.3 Å². The van der Waals surface area contributed by atoms with Crippen molar-refractivity contribution >= 4 is 11.6 Å². The molecule has 0 aliphatic carbocycles. The summed E-state index contributed by atoms with van der Waals surface area (Å²) in [6.45, 7) is -0.323. The van der Waals surface area contributed by atoms with Gasteiger partial charge in [-0.05, 0) is 23.8 Å². The molecule has 2 aromatic carbocycles. The molecule has 0 saturated heterocycles. The SMILES string of the molecule is OC(COc1ccccc1Cl)c1ccccc1C(F)(F)F. The summed E-state index contributed by atoms with van der Waals surface area (Å²) in [5, 5.41) is 10.3. The topological polar surface area (TPSA) is 29.5 Å². The minimum atomic E-state index is -4.53. The summed E-state index contributed by atoms with van der Waals surface area (Å²) in [7, 11) is 0. The quantitative estimate of drug-likeness (QED) is 0.901. The normalized spacial score (nSPS) is 13.0. The van der Waals surface area contributed by atoms with Crippen LogP contribution in [-0.4, -0.2) is 11.7 Å². The second-order valence-corrected chi connectivity index (χ2v) is 4.75. The number of alkyl halides is 3. The molecule has 1 N–H and O–H groups in total. The second-order valence-electron chi connectivity index (χ2n) is 4.34. The lowest BCUT2D eigenvalue weighted by molar-refractivity contribution is -0.139. The van der Waals surface area contributed by atoms with E-state index in [0.29, 0.717) is 10.8 Å². The van der Waals surface area contributed by atoms with Crippen molar-refractivity contribution in [3.63, 3.8) is 0 Å². The molecule has 0 aliphatic rings. The molecule has 0 spiro atoms. The minimum Gasteiger partial charge on any atom is -0.489 e. The van der Waals surface area contributed by atoms with Gasteiger partial charge in [-0.25, -0.2) is 0 Å². The van der Waals surface area contributed by atoms with Gasteiger partial charge in [0.05, 0.1) is 10.6 Å². The summed E-state index contributed by atoms with van der Waals surface area (Å²) in [6, 6.07) is 11.4. The maximum Gasteiger partial charge on any atom is 0.416 e. The molecule has 0 bridgehead atoms. The van der Waals surface area contributed by atoms with Gasteiger partial charge < -0.3 is 9.84 Å². The number of benzene rings is 2. The van der Waals surface area contributed by atoms with Crippen LogP contribution in [-0.2, 0) is 6.18 Å². The Kier molecular flexibility index (Phi) is 4.75. The molecule has 1 unspecified atom stereocenters. The van der Waals surface area contributed by atoms with Crippen LogP contribution in [0, 0.1) is 0 Å². The average molecular weight is 317 g/mol. The van der Waals surface area contributed by atoms with Gasteiger partial charge in [-0.15, -0.1) is 0 Å². The van der Waals surface area contributed by atoms with Crippen LogP contribution in [0.25, 0.3) is 0 Å². The fourth-order valence-corrected chi connectivity index (χ4v) is 2.06. The number of hydrogen-bond acceptors (Lipinski definition) is 2. The zero-order valence-corrected chi connectivity index (χ0v) is 11.5. The van der Waals surface area contributed by atoms with E-state index in [0.717, 1.165) is 6.07 Å². The highest BCUT2D eigenvalue weighted by atomic mass is 35.5. The monoisotopic (exact) mass is 316 g/mol. The van der Waals surface area contributed by atoms with Crippen molar-refractivity contribution in [2.75, 3.05) is 6.61 Å². The van der Waals surface area contributed by atoms with Gasteiger partial charge >= 0.3 is 6.18 Å². The molecule has 2 nitrogen and oxygen atoms in total. The summed E-state index contributed by atoms with van der Waals surface area (Å²) < 4.78 is 43.9. The third-order valence-corrected chi connectivity index (χ3v) is 3.17. The number of aliphatic hydroxyl groups is 1. The smallest absolute Gasteiger partial charge is 0.416 e. The Morgan fingerprint density at radius 3 is 2.33 bits per heavy atom. The van der Waals surface area contributed by atoms with Crippen LogP contribution in [0.3, 0.4) is 0 Å². The van der Waals surface area contributed by atoms with Crippen molar-refractivity contribution in [1.82, 2.24) is 0 Å². The van der Waals surface area contributed by atoms with E-state index < -0.39 is 17.8 Å². The molecule has 0 heterocycles. The zero-order chi connectivity index (χ0) is 15.5. The first-order valence-electron chi connectivity index (χ1n) is 6.11. The molecule has 6 heteroatoms. The van der Waals surface area contributed by atoms with Crippen molar-refractivity contribution in [2.24, 2.45) is 0 Å². The molecule has 112 valence electrons. The lowest BCUT2D eigenvalue weighted by Crippen LogP contribution is -2.16. The van der Waals surface area contributed by atoms with Crippen LogP contribution in [0.1, 0.15) is 17.2 Å². The van der Waals surface area contributed by atoms with E-state index >= 15 is 0 Å². The molecule has 1 atom stereocenters. The van der Waals surface area contributed by atoms with Crippen LogP contribution in [0.5, 0.6) is 5.75 Å². The fraction of sp³-hybridized carbons (Fsp3) is 0.200. The number of rotatable bonds is 4. The lowest BCUT2D eigenvalue weighted by Gasteiger charge is -2.18. The van der Waals surface area contributed by atoms with E-state index in [9.17, 15) is 18.3 Å². The second kappa shape index (κ2) is 6.37. The highest BCUT2D eigenvalue weighted by molar-refractivity contribution is 6.32. The lowest BCUT2D eigenvalue weighted by atomic mass is 10.0. The highest BCUT2D eigenvalue weighted by Gasteiger charge is 2.34. The van der Waals surface area contributed by atoms with Gasteiger partial charge in [-0.1, -0.05) is 41.9 Å². The van der Waals surface area contributed by atoms with Crippen LogP contribution < -0.4 is 4.74 Å². The van der Waals surface area contributed by atoms with Crippen molar-refractivity contribution < 1.29 is 23.0 Å². The van der Waals surface area contributed by atoms with Gasteiger partial charge in [-0.2, -0.15) is 13.2 Å². The summed E-state index contributed by atoms with van der Waals surface area (Å²) in [4.78, 5) is 0. The fourth-order valence-electron chi connectivity index (χ4n) is 1.87. The van der Waals surface area contributed by atoms with Crippen molar-refractivity contribution in [3.05, 3.63) is 64.7 Å². The van der Waals surface area contributed by atoms with Crippen LogP contribution >= 0.6 is 11.6 Å². The standard InChI is InChI=1S/C15H12ClF3O2/c16-12-7-3-4-8-14(12)21-9-13(20)10-5-1-2-6-11(10)15(17,18)19/h1-8,13,20H,9H2. The van der Waals surface area contributed by atoms with E-state index in [-0.39, 0.29) is 12.2 Å². The summed E-state index contributed by atoms with van der Waals surface area (Å²) in [6.07, 6.45) is -5.93.